The third-order valence-electron chi connectivity index (χ3n) is 3.65. The summed E-state index contributed by atoms with van der Waals surface area (Å²) in [6.07, 6.45) is 2.77. The van der Waals surface area contributed by atoms with E-state index in [1.165, 1.54) is 0 Å². The fourth-order valence-electron chi connectivity index (χ4n) is 2.34. The van der Waals surface area contributed by atoms with E-state index in [0.29, 0.717) is 25.6 Å². The van der Waals surface area contributed by atoms with Gasteiger partial charge in [0.15, 0.2) is 5.96 Å². The molecule has 0 aliphatic heterocycles. The smallest absolute Gasteiger partial charge is 0.213 e. The number of halogens is 1. The van der Waals surface area contributed by atoms with Crippen LogP contribution in [0.25, 0.3) is 0 Å². The number of para-hydroxylation sites is 1. The van der Waals surface area contributed by atoms with Gasteiger partial charge >= 0.3 is 0 Å². The van der Waals surface area contributed by atoms with Gasteiger partial charge in [-0.1, -0.05) is 31.2 Å². The van der Waals surface area contributed by atoms with Crippen LogP contribution in [0.5, 0.6) is 11.6 Å². The topological polar surface area (TPSA) is 67.8 Å². The van der Waals surface area contributed by atoms with Crippen LogP contribution < -0.4 is 20.1 Å². The average Bonchev–Trinajstić information content (AvgIpc) is 2.69. The van der Waals surface area contributed by atoms with Crippen molar-refractivity contribution < 1.29 is 9.47 Å². The van der Waals surface area contributed by atoms with E-state index in [0.717, 1.165) is 35.8 Å². The van der Waals surface area contributed by atoms with Crippen LogP contribution in [0, 0.1) is 0 Å². The van der Waals surface area contributed by atoms with E-state index < -0.39 is 0 Å². The van der Waals surface area contributed by atoms with Gasteiger partial charge in [0.2, 0.25) is 5.88 Å². The molecule has 2 N–H and O–H groups in total. The number of pyridine rings is 1. The summed E-state index contributed by atoms with van der Waals surface area (Å²) in [5, 5.41) is 6.59. The predicted octanol–water partition coefficient (Wildman–Crippen LogP) is 3.75. The molecule has 6 nitrogen and oxygen atoms in total. The molecule has 0 fully saturated rings. The number of guanidine groups is 1. The molecule has 2 rings (SSSR count). The molecule has 0 saturated carbocycles. The van der Waals surface area contributed by atoms with Gasteiger partial charge in [0.1, 0.15) is 5.75 Å². The van der Waals surface area contributed by atoms with Crippen molar-refractivity contribution in [3.63, 3.8) is 0 Å². The second kappa shape index (κ2) is 13.2. The van der Waals surface area contributed by atoms with Gasteiger partial charge < -0.3 is 20.1 Å². The molecule has 1 aromatic heterocycles. The maximum absolute atomic E-state index is 5.50. The highest BCUT2D eigenvalue weighted by Gasteiger charge is 2.04. The SMILES string of the molecule is CCCOc1ccc(CN=C(NCC)NCc2ccccc2OC)cn1.I. The number of aromatic nitrogens is 1. The van der Waals surface area contributed by atoms with Crippen LogP contribution in [0.15, 0.2) is 47.6 Å². The Morgan fingerprint density at radius 2 is 1.93 bits per heavy atom. The summed E-state index contributed by atoms with van der Waals surface area (Å²) in [7, 11) is 1.68. The summed E-state index contributed by atoms with van der Waals surface area (Å²) in [6.45, 7) is 6.77. The molecule has 1 heterocycles. The summed E-state index contributed by atoms with van der Waals surface area (Å²) in [6, 6.07) is 11.8. The molecule has 27 heavy (non-hydrogen) atoms. The molecule has 0 spiro atoms. The molecule has 0 bridgehead atoms. The minimum absolute atomic E-state index is 0. The van der Waals surface area contributed by atoms with Gasteiger partial charge in [0.25, 0.3) is 0 Å². The first-order valence-corrected chi connectivity index (χ1v) is 8.98. The number of nitrogens with zero attached hydrogens (tertiary/aromatic N) is 2. The van der Waals surface area contributed by atoms with Gasteiger partial charge in [-0.2, -0.15) is 0 Å². The molecule has 0 aliphatic carbocycles. The minimum Gasteiger partial charge on any atom is -0.496 e. The van der Waals surface area contributed by atoms with Crippen molar-refractivity contribution in [1.29, 1.82) is 0 Å². The van der Waals surface area contributed by atoms with Crippen molar-refractivity contribution in [3.05, 3.63) is 53.7 Å². The monoisotopic (exact) mass is 484 g/mol. The Bertz CT molecular complexity index is 693. The lowest BCUT2D eigenvalue weighted by atomic mass is 10.2. The number of nitrogens with one attached hydrogen (secondary N) is 2. The lowest BCUT2D eigenvalue weighted by molar-refractivity contribution is 0.305. The molecule has 7 heteroatoms. The van der Waals surface area contributed by atoms with Crippen LogP contribution >= 0.6 is 24.0 Å². The van der Waals surface area contributed by atoms with Crippen LogP contribution in [-0.4, -0.2) is 31.2 Å². The molecule has 148 valence electrons. The number of hydrogen-bond donors (Lipinski definition) is 2. The molecule has 0 atom stereocenters. The lowest BCUT2D eigenvalue weighted by Crippen LogP contribution is -2.36. The van der Waals surface area contributed by atoms with Gasteiger partial charge in [-0.25, -0.2) is 9.98 Å². The molecule has 2 aromatic rings. The first-order chi connectivity index (χ1) is 12.8. The fourth-order valence-corrected chi connectivity index (χ4v) is 2.34. The molecular formula is C20H29IN4O2. The van der Waals surface area contributed by atoms with Crippen LogP contribution in [0.4, 0.5) is 0 Å². The number of rotatable bonds is 9. The van der Waals surface area contributed by atoms with E-state index in [1.807, 2.05) is 43.3 Å². The summed E-state index contributed by atoms with van der Waals surface area (Å²) < 4.78 is 10.9. The second-order valence-corrected chi connectivity index (χ2v) is 5.71. The normalized spacial score (nSPS) is 10.7. The first-order valence-electron chi connectivity index (χ1n) is 8.98. The summed E-state index contributed by atoms with van der Waals surface area (Å²) in [5.41, 5.74) is 2.11. The van der Waals surface area contributed by atoms with Gasteiger partial charge in [-0.15, -0.1) is 24.0 Å². The predicted molar refractivity (Wildman–Crippen MR) is 120 cm³/mol. The minimum atomic E-state index is 0. The molecular weight excluding hydrogens is 455 g/mol. The third kappa shape index (κ3) is 8.03. The Balaban J connectivity index is 0.00000364. The van der Waals surface area contributed by atoms with Gasteiger partial charge in [0, 0.05) is 30.9 Å². The molecule has 0 saturated heterocycles. The fraction of sp³-hybridized carbons (Fsp3) is 0.400. The van der Waals surface area contributed by atoms with Gasteiger partial charge in [-0.05, 0) is 25.0 Å². The van der Waals surface area contributed by atoms with Crippen molar-refractivity contribution in [2.45, 2.75) is 33.4 Å². The Hall–Kier alpha value is -2.03. The highest BCUT2D eigenvalue weighted by molar-refractivity contribution is 14.0. The average molecular weight is 484 g/mol. The van der Waals surface area contributed by atoms with Crippen molar-refractivity contribution in [1.82, 2.24) is 15.6 Å². The Morgan fingerprint density at radius 1 is 1.11 bits per heavy atom. The van der Waals surface area contributed by atoms with Crippen LogP contribution in [0.3, 0.4) is 0 Å². The van der Waals surface area contributed by atoms with Crippen LogP contribution in [0.1, 0.15) is 31.4 Å². The van der Waals surface area contributed by atoms with E-state index in [9.17, 15) is 0 Å². The molecule has 1 aromatic carbocycles. The number of hydrogen-bond acceptors (Lipinski definition) is 4. The zero-order valence-corrected chi connectivity index (χ0v) is 18.5. The Labute approximate surface area is 178 Å². The van der Waals surface area contributed by atoms with Crippen molar-refractivity contribution in [3.8, 4) is 11.6 Å². The molecule has 0 unspecified atom stereocenters. The van der Waals surface area contributed by atoms with Gasteiger partial charge in [-0.3, -0.25) is 0 Å². The Kier molecular flexibility index (Phi) is 11.2. The van der Waals surface area contributed by atoms with Crippen LogP contribution in [-0.2, 0) is 13.1 Å². The maximum Gasteiger partial charge on any atom is 0.213 e. The van der Waals surface area contributed by atoms with Crippen molar-refractivity contribution in [2.24, 2.45) is 4.99 Å². The Morgan fingerprint density at radius 3 is 2.59 bits per heavy atom. The van der Waals surface area contributed by atoms with Gasteiger partial charge in [0.05, 0.1) is 20.3 Å². The summed E-state index contributed by atoms with van der Waals surface area (Å²) in [4.78, 5) is 8.93. The quantitative estimate of drug-likeness (QED) is 0.323. The van der Waals surface area contributed by atoms with E-state index in [4.69, 9.17) is 9.47 Å². The molecule has 0 radical (unpaired) electrons. The van der Waals surface area contributed by atoms with E-state index >= 15 is 0 Å². The number of ether oxygens (including phenoxy) is 2. The summed E-state index contributed by atoms with van der Waals surface area (Å²) in [5.74, 6) is 2.27. The van der Waals surface area contributed by atoms with Crippen molar-refractivity contribution >= 4 is 29.9 Å². The molecule has 0 aliphatic rings. The largest absolute Gasteiger partial charge is 0.496 e. The van der Waals surface area contributed by atoms with E-state index in [1.54, 1.807) is 13.3 Å². The molecule has 0 amide bonds. The number of aliphatic imine (C=N–C) groups is 1. The van der Waals surface area contributed by atoms with Crippen LogP contribution in [0.2, 0.25) is 0 Å². The second-order valence-electron chi connectivity index (χ2n) is 5.71. The van der Waals surface area contributed by atoms with E-state index in [-0.39, 0.29) is 24.0 Å². The standard InChI is InChI=1S/C20H28N4O2.HI/c1-4-12-26-19-11-10-16(13-22-19)14-23-20(21-5-2)24-15-17-8-6-7-9-18(17)25-3;/h6-11,13H,4-5,12,14-15H2,1-3H3,(H2,21,23,24);1H. The highest BCUT2D eigenvalue weighted by Crippen LogP contribution is 2.16. The zero-order chi connectivity index (χ0) is 18.6. The van der Waals surface area contributed by atoms with E-state index in [2.05, 4.69) is 27.5 Å². The maximum atomic E-state index is 5.50. The van der Waals surface area contributed by atoms with Crippen molar-refractivity contribution in [2.75, 3.05) is 20.3 Å². The third-order valence-corrected chi connectivity index (χ3v) is 3.65. The zero-order valence-electron chi connectivity index (χ0n) is 16.2. The lowest BCUT2D eigenvalue weighted by Gasteiger charge is -2.13. The first kappa shape index (κ1) is 23.0. The number of benzene rings is 1. The highest BCUT2D eigenvalue weighted by atomic mass is 127. The number of methoxy groups -OCH3 is 1. The summed E-state index contributed by atoms with van der Waals surface area (Å²) >= 11 is 0.